The zero-order chi connectivity index (χ0) is 31.1. The van der Waals surface area contributed by atoms with E-state index in [0.717, 1.165) is 50.9 Å². The number of carbonyl (C=O) groups is 2. The largest absolute Gasteiger partial charge is 0.462 e. The average molecular weight is 589 g/mol. The SMILES string of the molecule is CC/C=C\C(O)C/C=C/C=C\C/C=C\C/C=C\CCCC(=O)OC[C@H](CO)OC(=O)CCCCCCCCC(C)CC. The Kier molecular flexibility index (Phi) is 28.3. The van der Waals surface area contributed by atoms with Crippen molar-refractivity contribution in [1.82, 2.24) is 0 Å². The van der Waals surface area contributed by atoms with E-state index in [2.05, 4.69) is 44.2 Å². The van der Waals surface area contributed by atoms with Crippen LogP contribution in [0.15, 0.2) is 60.8 Å². The monoisotopic (exact) mass is 588 g/mol. The summed E-state index contributed by atoms with van der Waals surface area (Å²) in [4.78, 5) is 24.0. The van der Waals surface area contributed by atoms with Crippen molar-refractivity contribution in [2.45, 2.75) is 136 Å². The van der Waals surface area contributed by atoms with Crippen LogP contribution in [0.3, 0.4) is 0 Å². The van der Waals surface area contributed by atoms with Crippen LogP contribution in [0.25, 0.3) is 0 Å². The van der Waals surface area contributed by atoms with E-state index in [4.69, 9.17) is 9.47 Å². The average Bonchev–Trinajstić information content (AvgIpc) is 2.99. The standard InChI is InChI=1S/C36H60O6/c1-4-6-26-33(38)27-22-18-13-11-9-7-8-10-12-14-19-23-28-35(39)41-31-34(30-37)42-36(40)29-24-20-16-15-17-21-25-32(3)5-2/h6-8,11-14,18,22,26,32-34,37-38H,4-5,9-10,15-17,19-21,23-25,27-31H2,1-3H3/b8-7-,13-11-,14-12-,22-18+,26-6-/t32?,33?,34-/m0/s1. The molecule has 0 aliphatic rings. The first-order chi connectivity index (χ1) is 20.4. The van der Waals surface area contributed by atoms with Crippen LogP contribution < -0.4 is 0 Å². The molecular formula is C36H60O6. The Morgan fingerprint density at radius 2 is 1.40 bits per heavy atom. The van der Waals surface area contributed by atoms with Crippen LogP contribution in [0.4, 0.5) is 0 Å². The van der Waals surface area contributed by atoms with Crippen molar-refractivity contribution in [3.8, 4) is 0 Å². The summed E-state index contributed by atoms with van der Waals surface area (Å²) in [7, 11) is 0. The van der Waals surface area contributed by atoms with Gasteiger partial charge in [0.25, 0.3) is 0 Å². The molecule has 0 aliphatic heterocycles. The minimum absolute atomic E-state index is 0.111. The maximum atomic E-state index is 12.1. The third kappa shape index (κ3) is 27.7. The highest BCUT2D eigenvalue weighted by Gasteiger charge is 2.16. The summed E-state index contributed by atoms with van der Waals surface area (Å²) >= 11 is 0. The third-order valence-electron chi connectivity index (χ3n) is 6.94. The van der Waals surface area contributed by atoms with Crippen LogP contribution in [0.2, 0.25) is 0 Å². The molecule has 2 N–H and O–H groups in total. The summed E-state index contributed by atoms with van der Waals surface area (Å²) in [6, 6.07) is 0. The lowest BCUT2D eigenvalue weighted by molar-refractivity contribution is -0.161. The van der Waals surface area contributed by atoms with E-state index in [1.165, 1.54) is 32.1 Å². The summed E-state index contributed by atoms with van der Waals surface area (Å²) in [6.45, 7) is 6.11. The molecule has 3 atom stereocenters. The van der Waals surface area contributed by atoms with Gasteiger partial charge >= 0.3 is 11.9 Å². The molecule has 0 saturated carbocycles. The number of carbonyl (C=O) groups excluding carboxylic acids is 2. The summed E-state index contributed by atoms with van der Waals surface area (Å²) in [5.74, 6) is 0.118. The molecule has 0 fully saturated rings. The number of rotatable bonds is 27. The zero-order valence-electron chi connectivity index (χ0n) is 26.8. The summed E-state index contributed by atoms with van der Waals surface area (Å²) in [6.07, 6.45) is 33.4. The van der Waals surface area contributed by atoms with Gasteiger partial charge in [0.1, 0.15) is 6.61 Å². The van der Waals surface area contributed by atoms with Crippen LogP contribution >= 0.6 is 0 Å². The van der Waals surface area contributed by atoms with Crippen molar-refractivity contribution in [2.75, 3.05) is 13.2 Å². The Morgan fingerprint density at radius 3 is 2.12 bits per heavy atom. The number of aliphatic hydroxyl groups excluding tert-OH is 2. The Morgan fingerprint density at radius 1 is 0.762 bits per heavy atom. The molecule has 0 aromatic rings. The van der Waals surface area contributed by atoms with Gasteiger partial charge in [-0.05, 0) is 50.9 Å². The number of esters is 2. The molecule has 0 aromatic carbocycles. The van der Waals surface area contributed by atoms with E-state index in [0.29, 0.717) is 19.3 Å². The molecule has 0 spiro atoms. The smallest absolute Gasteiger partial charge is 0.306 e. The zero-order valence-corrected chi connectivity index (χ0v) is 26.8. The lowest BCUT2D eigenvalue weighted by Gasteiger charge is -2.15. The maximum absolute atomic E-state index is 12.1. The molecular weight excluding hydrogens is 528 g/mol. The van der Waals surface area contributed by atoms with Crippen molar-refractivity contribution in [3.05, 3.63) is 60.8 Å². The second-order valence-electron chi connectivity index (χ2n) is 11.0. The molecule has 0 aromatic heterocycles. The summed E-state index contributed by atoms with van der Waals surface area (Å²) in [5, 5.41) is 19.2. The Bertz CT molecular complexity index is 795. The number of hydrogen-bond acceptors (Lipinski definition) is 6. The quantitative estimate of drug-likeness (QED) is 0.0433. The molecule has 42 heavy (non-hydrogen) atoms. The number of ether oxygens (including phenoxy) is 2. The Labute approximate surface area is 256 Å². The van der Waals surface area contributed by atoms with Crippen LogP contribution in [0, 0.1) is 5.92 Å². The van der Waals surface area contributed by atoms with Gasteiger partial charge in [-0.1, -0.05) is 126 Å². The van der Waals surface area contributed by atoms with Gasteiger partial charge in [0.2, 0.25) is 0 Å². The van der Waals surface area contributed by atoms with Gasteiger partial charge in [-0.25, -0.2) is 0 Å². The van der Waals surface area contributed by atoms with Gasteiger partial charge in [-0.2, -0.15) is 0 Å². The number of hydrogen-bond donors (Lipinski definition) is 2. The van der Waals surface area contributed by atoms with Crippen LogP contribution in [0.1, 0.15) is 124 Å². The van der Waals surface area contributed by atoms with Crippen LogP contribution in [-0.4, -0.2) is 47.6 Å². The second-order valence-corrected chi connectivity index (χ2v) is 11.0. The topological polar surface area (TPSA) is 93.1 Å². The molecule has 240 valence electrons. The lowest BCUT2D eigenvalue weighted by Crippen LogP contribution is -2.28. The molecule has 2 unspecified atom stereocenters. The minimum atomic E-state index is -0.805. The van der Waals surface area contributed by atoms with Gasteiger partial charge in [0.05, 0.1) is 12.7 Å². The first-order valence-corrected chi connectivity index (χ1v) is 16.3. The Balaban J connectivity index is 3.80. The fourth-order valence-corrected chi connectivity index (χ4v) is 4.05. The highest BCUT2D eigenvalue weighted by molar-refractivity contribution is 5.70. The molecule has 0 radical (unpaired) electrons. The van der Waals surface area contributed by atoms with Gasteiger partial charge in [0, 0.05) is 12.8 Å². The minimum Gasteiger partial charge on any atom is -0.462 e. The summed E-state index contributed by atoms with van der Waals surface area (Å²) in [5.41, 5.74) is 0. The molecule has 0 heterocycles. The number of aliphatic hydroxyl groups is 2. The van der Waals surface area contributed by atoms with E-state index in [1.54, 1.807) is 0 Å². The molecule has 6 heteroatoms. The molecule has 0 bridgehead atoms. The molecule has 0 saturated heterocycles. The predicted octanol–water partition coefficient (Wildman–Crippen LogP) is 8.49. The van der Waals surface area contributed by atoms with Crippen LogP contribution in [-0.2, 0) is 19.1 Å². The first kappa shape index (κ1) is 39.6. The van der Waals surface area contributed by atoms with Gasteiger partial charge in [0.15, 0.2) is 6.10 Å². The van der Waals surface area contributed by atoms with Crippen molar-refractivity contribution < 1.29 is 29.3 Å². The van der Waals surface area contributed by atoms with E-state index in [1.807, 2.05) is 37.3 Å². The highest BCUT2D eigenvalue weighted by atomic mass is 16.6. The molecule has 0 rings (SSSR count). The lowest BCUT2D eigenvalue weighted by atomic mass is 10.00. The van der Waals surface area contributed by atoms with E-state index >= 15 is 0 Å². The number of allylic oxidation sites excluding steroid dienone is 8. The molecule has 6 nitrogen and oxygen atoms in total. The van der Waals surface area contributed by atoms with Gasteiger partial charge in [-0.15, -0.1) is 0 Å². The normalized spacial score (nSPS) is 14.5. The van der Waals surface area contributed by atoms with E-state index < -0.39 is 12.2 Å². The van der Waals surface area contributed by atoms with Gasteiger partial charge in [-0.3, -0.25) is 9.59 Å². The maximum Gasteiger partial charge on any atom is 0.306 e. The molecule has 0 aliphatic carbocycles. The van der Waals surface area contributed by atoms with Crippen molar-refractivity contribution in [1.29, 1.82) is 0 Å². The number of unbranched alkanes of at least 4 members (excludes halogenated alkanes) is 6. The van der Waals surface area contributed by atoms with Crippen molar-refractivity contribution in [2.24, 2.45) is 5.92 Å². The van der Waals surface area contributed by atoms with Crippen LogP contribution in [0.5, 0.6) is 0 Å². The van der Waals surface area contributed by atoms with E-state index in [-0.39, 0.29) is 31.6 Å². The van der Waals surface area contributed by atoms with Crippen molar-refractivity contribution >= 4 is 11.9 Å². The Hall–Kier alpha value is -2.44. The van der Waals surface area contributed by atoms with Gasteiger partial charge < -0.3 is 19.7 Å². The summed E-state index contributed by atoms with van der Waals surface area (Å²) < 4.78 is 10.5. The molecule has 0 amide bonds. The predicted molar refractivity (Wildman–Crippen MR) is 174 cm³/mol. The third-order valence-corrected chi connectivity index (χ3v) is 6.94. The first-order valence-electron chi connectivity index (χ1n) is 16.3. The fourth-order valence-electron chi connectivity index (χ4n) is 4.05. The highest BCUT2D eigenvalue weighted by Crippen LogP contribution is 2.15. The van der Waals surface area contributed by atoms with Crippen molar-refractivity contribution in [3.63, 3.8) is 0 Å². The second kappa shape index (κ2) is 30.0. The fraction of sp³-hybridized carbons (Fsp3) is 0.667. The van der Waals surface area contributed by atoms with E-state index in [9.17, 15) is 19.8 Å².